The van der Waals surface area contributed by atoms with Gasteiger partial charge >= 0.3 is 0 Å². The lowest BCUT2D eigenvalue weighted by Gasteiger charge is -2.08. The molecule has 15 heavy (non-hydrogen) atoms. The Kier molecular flexibility index (Phi) is 2.56. The van der Waals surface area contributed by atoms with Crippen molar-refractivity contribution in [2.75, 3.05) is 7.11 Å². The summed E-state index contributed by atoms with van der Waals surface area (Å²) in [6.07, 6.45) is 1.74. The Balaban J connectivity index is 2.67. The van der Waals surface area contributed by atoms with Gasteiger partial charge in [0.2, 0.25) is 5.88 Å². The molecule has 0 bridgehead atoms. The molecule has 3 nitrogen and oxygen atoms in total. The van der Waals surface area contributed by atoms with Gasteiger partial charge in [0.25, 0.3) is 0 Å². The number of nitrogens with two attached hydrogens (primary N) is 1. The molecular weight excluding hydrogens is 188 g/mol. The molecule has 0 amide bonds. The summed E-state index contributed by atoms with van der Waals surface area (Å²) in [5.41, 5.74) is 6.93. The van der Waals surface area contributed by atoms with Gasteiger partial charge in [0, 0.05) is 17.6 Å². The van der Waals surface area contributed by atoms with Gasteiger partial charge < -0.3 is 10.5 Å². The molecular formula is C12H14N2O. The average Bonchev–Trinajstić information content (AvgIpc) is 2.27. The smallest absolute Gasteiger partial charge is 0.221 e. The van der Waals surface area contributed by atoms with Crippen LogP contribution >= 0.6 is 0 Å². The molecule has 0 aliphatic carbocycles. The van der Waals surface area contributed by atoms with Crippen molar-refractivity contribution in [1.82, 2.24) is 4.98 Å². The molecule has 0 spiro atoms. The van der Waals surface area contributed by atoms with Crippen LogP contribution in [0.2, 0.25) is 0 Å². The first-order valence-electron chi connectivity index (χ1n) is 4.90. The Hall–Kier alpha value is -1.61. The average molecular weight is 202 g/mol. The minimum atomic E-state index is 0.0271. The van der Waals surface area contributed by atoms with Crippen LogP contribution in [-0.2, 0) is 0 Å². The second-order valence-corrected chi connectivity index (χ2v) is 3.59. The lowest BCUT2D eigenvalue weighted by molar-refractivity contribution is 0.403. The van der Waals surface area contributed by atoms with E-state index in [-0.39, 0.29) is 6.04 Å². The van der Waals surface area contributed by atoms with Crippen molar-refractivity contribution in [2.45, 2.75) is 13.0 Å². The summed E-state index contributed by atoms with van der Waals surface area (Å²) in [5.74, 6) is 0.648. The number of nitrogens with zero attached hydrogens (tertiary/aromatic N) is 1. The summed E-state index contributed by atoms with van der Waals surface area (Å²) >= 11 is 0. The maximum atomic E-state index is 5.84. The maximum Gasteiger partial charge on any atom is 0.221 e. The highest BCUT2D eigenvalue weighted by molar-refractivity contribution is 5.87. The third kappa shape index (κ3) is 1.78. The fraction of sp³-hybridized carbons (Fsp3) is 0.250. The first-order valence-corrected chi connectivity index (χ1v) is 4.90. The quantitative estimate of drug-likeness (QED) is 0.812. The molecule has 0 saturated heterocycles. The van der Waals surface area contributed by atoms with Crippen molar-refractivity contribution in [1.29, 1.82) is 0 Å². The molecule has 78 valence electrons. The second kappa shape index (κ2) is 3.87. The van der Waals surface area contributed by atoms with E-state index in [0.29, 0.717) is 5.88 Å². The number of hydrogen-bond donors (Lipinski definition) is 1. The number of aromatic nitrogens is 1. The number of fused-ring (bicyclic) bond motifs is 1. The van der Waals surface area contributed by atoms with Gasteiger partial charge in [-0.15, -0.1) is 0 Å². The molecule has 1 unspecified atom stereocenters. The molecule has 0 radical (unpaired) electrons. The number of hydrogen-bond acceptors (Lipinski definition) is 3. The highest BCUT2D eigenvalue weighted by atomic mass is 16.5. The molecule has 0 fully saturated rings. The van der Waals surface area contributed by atoms with Gasteiger partial charge in [0.1, 0.15) is 0 Å². The number of pyridine rings is 1. The summed E-state index contributed by atoms with van der Waals surface area (Å²) in [7, 11) is 1.63. The van der Waals surface area contributed by atoms with Crippen molar-refractivity contribution in [2.24, 2.45) is 5.73 Å². The predicted octanol–water partition coefficient (Wildman–Crippen LogP) is 2.26. The van der Waals surface area contributed by atoms with E-state index in [4.69, 9.17) is 10.5 Å². The molecule has 0 saturated carbocycles. The molecule has 1 aromatic heterocycles. The largest absolute Gasteiger partial charge is 0.481 e. The van der Waals surface area contributed by atoms with Gasteiger partial charge in [-0.25, -0.2) is 4.98 Å². The monoisotopic (exact) mass is 202 g/mol. The van der Waals surface area contributed by atoms with Crippen LogP contribution in [0.5, 0.6) is 5.88 Å². The highest BCUT2D eigenvalue weighted by Crippen LogP contribution is 2.25. The van der Waals surface area contributed by atoms with E-state index >= 15 is 0 Å². The van der Waals surface area contributed by atoms with Gasteiger partial charge in [-0.1, -0.05) is 12.1 Å². The van der Waals surface area contributed by atoms with Crippen LogP contribution in [0.4, 0.5) is 0 Å². The van der Waals surface area contributed by atoms with Crippen molar-refractivity contribution >= 4 is 10.8 Å². The van der Waals surface area contributed by atoms with Crippen LogP contribution < -0.4 is 10.5 Å². The SMILES string of the molecule is COc1nccc2ccc(C(C)N)cc12. The molecule has 1 aromatic carbocycles. The lowest BCUT2D eigenvalue weighted by atomic mass is 10.0. The molecule has 1 atom stereocenters. The third-order valence-corrected chi connectivity index (χ3v) is 2.47. The van der Waals surface area contributed by atoms with Crippen LogP contribution in [0.15, 0.2) is 30.5 Å². The van der Waals surface area contributed by atoms with Crippen LogP contribution in [-0.4, -0.2) is 12.1 Å². The van der Waals surface area contributed by atoms with Gasteiger partial charge in [-0.2, -0.15) is 0 Å². The van der Waals surface area contributed by atoms with E-state index in [1.807, 2.05) is 31.2 Å². The first kappa shape index (κ1) is 9.93. The zero-order valence-corrected chi connectivity index (χ0v) is 8.90. The topological polar surface area (TPSA) is 48.1 Å². The van der Waals surface area contributed by atoms with E-state index in [0.717, 1.165) is 16.3 Å². The Bertz CT molecular complexity index is 480. The van der Waals surface area contributed by atoms with Crippen LogP contribution in [0, 0.1) is 0 Å². The van der Waals surface area contributed by atoms with Crippen LogP contribution in [0.25, 0.3) is 10.8 Å². The molecule has 1 heterocycles. The standard InChI is InChI=1S/C12H14N2O/c1-8(13)10-4-3-9-5-6-14-12(15-2)11(9)7-10/h3-8H,13H2,1-2H3. The number of methoxy groups -OCH3 is 1. The van der Waals surface area contributed by atoms with Crippen molar-refractivity contribution in [3.8, 4) is 5.88 Å². The summed E-state index contributed by atoms with van der Waals surface area (Å²) in [6.45, 7) is 1.96. The normalized spacial score (nSPS) is 12.7. The number of ether oxygens (including phenoxy) is 1. The maximum absolute atomic E-state index is 5.84. The van der Waals surface area contributed by atoms with E-state index in [1.54, 1.807) is 13.3 Å². The fourth-order valence-corrected chi connectivity index (χ4v) is 1.61. The van der Waals surface area contributed by atoms with Gasteiger partial charge in [0.05, 0.1) is 7.11 Å². The number of benzene rings is 1. The highest BCUT2D eigenvalue weighted by Gasteiger charge is 2.05. The van der Waals surface area contributed by atoms with Crippen molar-refractivity contribution in [3.05, 3.63) is 36.0 Å². The minimum absolute atomic E-state index is 0.0271. The Morgan fingerprint density at radius 3 is 2.80 bits per heavy atom. The van der Waals surface area contributed by atoms with E-state index in [1.165, 1.54) is 0 Å². The predicted molar refractivity (Wildman–Crippen MR) is 60.9 cm³/mol. The molecule has 0 aliphatic heterocycles. The van der Waals surface area contributed by atoms with Crippen molar-refractivity contribution < 1.29 is 4.74 Å². The van der Waals surface area contributed by atoms with E-state index in [9.17, 15) is 0 Å². The van der Waals surface area contributed by atoms with E-state index < -0.39 is 0 Å². The molecule has 0 aliphatic rings. The lowest BCUT2D eigenvalue weighted by Crippen LogP contribution is -2.04. The minimum Gasteiger partial charge on any atom is -0.481 e. The van der Waals surface area contributed by atoms with Crippen molar-refractivity contribution in [3.63, 3.8) is 0 Å². The van der Waals surface area contributed by atoms with Gasteiger partial charge in [0.15, 0.2) is 0 Å². The zero-order chi connectivity index (χ0) is 10.8. The summed E-state index contributed by atoms with van der Waals surface area (Å²) < 4.78 is 5.21. The second-order valence-electron chi connectivity index (χ2n) is 3.59. The van der Waals surface area contributed by atoms with Gasteiger partial charge in [-0.05, 0) is 30.0 Å². The fourth-order valence-electron chi connectivity index (χ4n) is 1.61. The molecule has 3 heteroatoms. The number of rotatable bonds is 2. The Morgan fingerprint density at radius 1 is 1.33 bits per heavy atom. The Morgan fingerprint density at radius 2 is 2.13 bits per heavy atom. The van der Waals surface area contributed by atoms with Gasteiger partial charge in [-0.3, -0.25) is 0 Å². The third-order valence-electron chi connectivity index (χ3n) is 2.47. The molecule has 2 aromatic rings. The zero-order valence-electron chi connectivity index (χ0n) is 8.90. The summed E-state index contributed by atoms with van der Waals surface area (Å²) in [6, 6.07) is 8.10. The summed E-state index contributed by atoms with van der Waals surface area (Å²) in [5, 5.41) is 2.13. The van der Waals surface area contributed by atoms with Crippen LogP contribution in [0.3, 0.4) is 0 Å². The molecule has 2 N–H and O–H groups in total. The Labute approximate surface area is 88.9 Å². The summed E-state index contributed by atoms with van der Waals surface area (Å²) in [4.78, 5) is 4.16. The van der Waals surface area contributed by atoms with Crippen LogP contribution in [0.1, 0.15) is 18.5 Å². The molecule has 2 rings (SSSR count). The van der Waals surface area contributed by atoms with E-state index in [2.05, 4.69) is 4.98 Å². The first-order chi connectivity index (χ1) is 7.22.